The van der Waals surface area contributed by atoms with Crippen LogP contribution in [0, 0.1) is 19.8 Å². The summed E-state index contributed by atoms with van der Waals surface area (Å²) in [5.41, 5.74) is 9.47. The Hall–Kier alpha value is -6.10. The molecule has 2 aromatic carbocycles. The lowest BCUT2D eigenvalue weighted by Gasteiger charge is -2.32. The summed E-state index contributed by atoms with van der Waals surface area (Å²) in [6.07, 6.45) is 9.19. The molecule has 0 radical (unpaired) electrons. The molecule has 14 nitrogen and oxygen atoms in total. The lowest BCUT2D eigenvalue weighted by atomic mass is 9.78. The van der Waals surface area contributed by atoms with Gasteiger partial charge in [-0.3, -0.25) is 9.59 Å². The Kier molecular flexibility index (Phi) is 13.3. The van der Waals surface area contributed by atoms with Crippen LogP contribution < -0.4 is 10.2 Å². The minimum Gasteiger partial charge on any atom is -0.507 e. The van der Waals surface area contributed by atoms with Gasteiger partial charge in [-0.1, -0.05) is 55.4 Å². The van der Waals surface area contributed by atoms with Gasteiger partial charge in [0.05, 0.1) is 39.6 Å². The lowest BCUT2D eigenvalue weighted by molar-refractivity contribution is -0.141. The molecule has 2 amide bonds. The number of nitrogens with zero attached hydrogens (tertiary/aromatic N) is 8. The van der Waals surface area contributed by atoms with E-state index in [9.17, 15) is 19.8 Å². The van der Waals surface area contributed by atoms with Crippen LogP contribution in [-0.2, 0) is 9.59 Å². The first-order valence-electron chi connectivity index (χ1n) is 24.3. The second-order valence-electron chi connectivity index (χ2n) is 19.6. The number of thiophene rings is 1. The second-order valence-corrected chi connectivity index (χ2v) is 21.5. The number of thiazole rings is 1. The van der Waals surface area contributed by atoms with Gasteiger partial charge in [0.2, 0.25) is 17.8 Å². The molecule has 7 aromatic rings. The molecular weight excluding hydrogens is 907 g/mol. The number of β-amino-alcohol motifs (C(OH)–C–C–N with tert-alkyl or cyclic N) is 1. The quantitative estimate of drug-likeness (QED) is 0.106. The number of rotatable bonds is 12. The molecule has 5 aromatic heterocycles. The second kappa shape index (κ2) is 19.7. The summed E-state index contributed by atoms with van der Waals surface area (Å²) in [5, 5.41) is 38.9. The van der Waals surface area contributed by atoms with Crippen molar-refractivity contribution in [3.63, 3.8) is 0 Å². The summed E-state index contributed by atoms with van der Waals surface area (Å²) >= 11 is 3.33. The highest BCUT2D eigenvalue weighted by atomic mass is 32.1. The van der Waals surface area contributed by atoms with Crippen LogP contribution >= 0.6 is 22.7 Å². The van der Waals surface area contributed by atoms with Crippen molar-refractivity contribution >= 4 is 50.7 Å². The smallest absolute Gasteiger partial charge is 0.243 e. The van der Waals surface area contributed by atoms with Crippen molar-refractivity contribution in [2.75, 3.05) is 24.5 Å². The van der Waals surface area contributed by atoms with E-state index in [0.717, 1.165) is 101 Å². The van der Waals surface area contributed by atoms with Crippen molar-refractivity contribution in [3.05, 3.63) is 117 Å². The van der Waals surface area contributed by atoms with Gasteiger partial charge in [0.15, 0.2) is 0 Å². The summed E-state index contributed by atoms with van der Waals surface area (Å²) in [4.78, 5) is 49.5. The molecule has 1 saturated carbocycles. The SMILES string of the molecule is Cc1ncsc1-c1ccc([C@H](C)NC(=O)C2CC(O)CN2C(=O)[C@@H](c2cc(C3CCC(c4cnc(N5CCC(c6sc7nnc(-c8ccccc8O)cc7c6C)CC5)nc4)CC3)no2)C(C)C)cc1. The van der Waals surface area contributed by atoms with Crippen molar-refractivity contribution in [1.82, 2.24) is 40.5 Å². The molecule has 3 fully saturated rings. The number of para-hydroxylation sites is 1. The van der Waals surface area contributed by atoms with E-state index >= 15 is 0 Å². The van der Waals surface area contributed by atoms with Gasteiger partial charge >= 0.3 is 0 Å². The highest BCUT2D eigenvalue weighted by molar-refractivity contribution is 7.19. The van der Waals surface area contributed by atoms with Crippen molar-refractivity contribution < 1.29 is 24.3 Å². The van der Waals surface area contributed by atoms with Gasteiger partial charge in [-0.2, -0.15) is 0 Å². The number of benzene rings is 2. The Bertz CT molecular complexity index is 2930. The number of carbonyl (C=O) groups is 2. The van der Waals surface area contributed by atoms with Crippen molar-refractivity contribution in [2.45, 2.75) is 121 Å². The fraction of sp³-hybridized carbons (Fsp3) is 0.434. The van der Waals surface area contributed by atoms with E-state index in [0.29, 0.717) is 28.9 Å². The van der Waals surface area contributed by atoms with Gasteiger partial charge in [0.1, 0.15) is 28.3 Å². The Morgan fingerprint density at radius 2 is 1.59 bits per heavy atom. The maximum atomic E-state index is 14.4. The molecule has 3 aliphatic rings. The van der Waals surface area contributed by atoms with Crippen LogP contribution in [0.25, 0.3) is 31.9 Å². The predicted octanol–water partition coefficient (Wildman–Crippen LogP) is 9.99. The van der Waals surface area contributed by atoms with Crippen molar-refractivity contribution in [2.24, 2.45) is 5.92 Å². The number of nitrogens with one attached hydrogen (secondary N) is 1. The summed E-state index contributed by atoms with van der Waals surface area (Å²) in [6, 6.07) is 18.2. The van der Waals surface area contributed by atoms with Crippen molar-refractivity contribution in [3.8, 4) is 27.4 Å². The van der Waals surface area contributed by atoms with Crippen LogP contribution in [0.15, 0.2) is 83.1 Å². The molecule has 1 aliphatic carbocycles. The third-order valence-electron chi connectivity index (χ3n) is 14.8. The zero-order valence-corrected chi connectivity index (χ0v) is 41.3. The summed E-state index contributed by atoms with van der Waals surface area (Å²) in [6.45, 7) is 11.9. The van der Waals surface area contributed by atoms with E-state index in [1.54, 1.807) is 28.7 Å². The Morgan fingerprint density at radius 3 is 2.29 bits per heavy atom. The van der Waals surface area contributed by atoms with Crippen LogP contribution in [0.4, 0.5) is 5.95 Å². The number of aromatic hydroxyl groups is 1. The van der Waals surface area contributed by atoms with Gasteiger partial charge in [-0.05, 0) is 118 Å². The lowest BCUT2D eigenvalue weighted by Crippen LogP contribution is -2.48. The average molecular weight is 966 g/mol. The van der Waals surface area contributed by atoms with Crippen LogP contribution in [0.5, 0.6) is 5.75 Å². The molecule has 0 spiro atoms. The Labute approximate surface area is 410 Å². The number of piperidine rings is 1. The zero-order chi connectivity index (χ0) is 47.9. The van der Waals surface area contributed by atoms with Gasteiger partial charge in [0, 0.05) is 66.3 Å². The predicted molar refractivity (Wildman–Crippen MR) is 268 cm³/mol. The minimum atomic E-state index is -0.803. The van der Waals surface area contributed by atoms with E-state index in [1.165, 1.54) is 15.3 Å². The number of phenols is 1. The number of aliphatic hydroxyl groups excluding tert-OH is 1. The Morgan fingerprint density at radius 1 is 0.870 bits per heavy atom. The highest BCUT2D eigenvalue weighted by Gasteiger charge is 2.44. The number of aryl methyl sites for hydroxylation is 2. The van der Waals surface area contributed by atoms with Gasteiger partial charge in [0.25, 0.3) is 0 Å². The molecule has 358 valence electrons. The number of anilines is 1. The van der Waals surface area contributed by atoms with Crippen molar-refractivity contribution in [1.29, 1.82) is 0 Å². The molecule has 0 bridgehead atoms. The monoisotopic (exact) mass is 965 g/mol. The first-order chi connectivity index (χ1) is 33.4. The molecule has 16 heteroatoms. The summed E-state index contributed by atoms with van der Waals surface area (Å²) in [5.74, 6) is 1.15. The number of fused-ring (bicyclic) bond motifs is 1. The van der Waals surface area contributed by atoms with Crippen LogP contribution in [0.2, 0.25) is 0 Å². The third-order valence-corrected chi connectivity index (χ3v) is 17.1. The number of amides is 2. The molecular formula is C53H59N9O5S2. The number of likely N-dealkylation sites (tertiary alicyclic amines) is 1. The van der Waals surface area contributed by atoms with E-state index in [-0.39, 0.29) is 48.4 Å². The first-order valence-corrected chi connectivity index (χ1v) is 26.0. The Balaban J connectivity index is 0.723. The van der Waals surface area contributed by atoms with E-state index in [4.69, 9.17) is 14.5 Å². The number of aromatic nitrogens is 6. The topological polar surface area (TPSA) is 184 Å². The van der Waals surface area contributed by atoms with Gasteiger partial charge < -0.3 is 29.9 Å². The standard InChI is InChI=1S/C53H59N9O5S2/c1-29(2)47(52(66)62-27-39(63)22-44(62)50(65)57-31(4)33-10-16-36(17-11-33)49-32(5)56-28-68-49)46-24-42(60-67-46)35-14-12-34(13-15-35)38-25-54-53(55-26-38)61-20-18-37(19-21-61)48-30(3)41-23-43(58-59-51(41)69-48)40-8-6-7-9-45(40)64/h6-11,16-17,23-26,28-29,31,34-35,37,39,44,47,63-64H,12-15,18-22,27H2,1-5H3,(H,57,65)/t31-,34?,35?,39?,44?,47+/m0/s1. The van der Waals surface area contributed by atoms with E-state index < -0.39 is 18.1 Å². The number of hydrogen-bond acceptors (Lipinski definition) is 14. The maximum absolute atomic E-state index is 14.4. The van der Waals surface area contributed by atoms with E-state index in [2.05, 4.69) is 43.5 Å². The average Bonchev–Trinajstić information content (AvgIpc) is 4.19. The fourth-order valence-electron chi connectivity index (χ4n) is 10.8. The number of aliphatic hydroxyl groups is 1. The minimum absolute atomic E-state index is 0.0834. The molecule has 2 unspecified atom stereocenters. The molecule has 2 saturated heterocycles. The molecule has 4 atom stereocenters. The zero-order valence-electron chi connectivity index (χ0n) is 39.7. The van der Waals surface area contributed by atoms with E-state index in [1.807, 2.05) is 94.1 Å². The number of hydrogen-bond donors (Lipinski definition) is 3. The molecule has 7 heterocycles. The normalized spacial score (nSPS) is 21.0. The van der Waals surface area contributed by atoms with Gasteiger partial charge in [-0.25, -0.2) is 15.0 Å². The third kappa shape index (κ3) is 9.50. The van der Waals surface area contributed by atoms with Crippen LogP contribution in [0.3, 0.4) is 0 Å². The molecule has 10 rings (SSSR count). The highest BCUT2D eigenvalue weighted by Crippen LogP contribution is 2.43. The van der Waals surface area contributed by atoms with Crippen LogP contribution in [-0.4, -0.2) is 89.0 Å². The summed E-state index contributed by atoms with van der Waals surface area (Å²) < 4.78 is 5.97. The largest absolute Gasteiger partial charge is 0.507 e. The fourth-order valence-corrected chi connectivity index (χ4v) is 12.9. The maximum Gasteiger partial charge on any atom is 0.243 e. The first kappa shape index (κ1) is 46.6. The number of phenolic OH excluding ortho intramolecular Hbond substituents is 1. The summed E-state index contributed by atoms with van der Waals surface area (Å²) in [7, 11) is 0. The van der Waals surface area contributed by atoms with Crippen LogP contribution in [0.1, 0.15) is 134 Å². The molecule has 2 aliphatic heterocycles. The molecule has 69 heavy (non-hydrogen) atoms. The number of carbonyl (C=O) groups excluding carboxylic acids is 2. The molecule has 3 N–H and O–H groups in total. The van der Waals surface area contributed by atoms with Gasteiger partial charge in [-0.15, -0.1) is 32.9 Å².